The van der Waals surface area contributed by atoms with Gasteiger partial charge < -0.3 is 14.2 Å². The van der Waals surface area contributed by atoms with Crippen molar-refractivity contribution in [1.29, 1.82) is 0 Å². The molecule has 8 heteroatoms. The van der Waals surface area contributed by atoms with Crippen molar-refractivity contribution in [3.05, 3.63) is 45.1 Å². The summed E-state index contributed by atoms with van der Waals surface area (Å²) in [5, 5.41) is 0. The van der Waals surface area contributed by atoms with Gasteiger partial charge >= 0.3 is 5.69 Å². The highest BCUT2D eigenvalue weighted by molar-refractivity contribution is 5.77. The zero-order valence-electron chi connectivity index (χ0n) is 17.4. The van der Waals surface area contributed by atoms with E-state index in [-0.39, 0.29) is 11.2 Å². The van der Waals surface area contributed by atoms with Gasteiger partial charge in [0.15, 0.2) is 11.2 Å². The van der Waals surface area contributed by atoms with E-state index < -0.39 is 0 Å². The van der Waals surface area contributed by atoms with Crippen LogP contribution in [0.1, 0.15) is 26.7 Å². The molecule has 0 N–H and O–H groups in total. The van der Waals surface area contributed by atoms with Gasteiger partial charge in [-0.3, -0.25) is 13.9 Å². The van der Waals surface area contributed by atoms with Gasteiger partial charge in [-0.15, -0.1) is 0 Å². The van der Waals surface area contributed by atoms with E-state index in [9.17, 15) is 9.59 Å². The summed E-state index contributed by atoms with van der Waals surface area (Å²) in [7, 11) is 3.33. The number of imidazole rings is 1. The highest BCUT2D eigenvalue weighted by Crippen LogP contribution is 2.34. The first-order chi connectivity index (χ1) is 14.0. The zero-order chi connectivity index (χ0) is 20.7. The Balaban J connectivity index is 1.96. The Kier molecular flexibility index (Phi) is 4.94. The first-order valence-corrected chi connectivity index (χ1v) is 10.1. The second-order valence-corrected chi connectivity index (χ2v) is 7.76. The molecule has 0 aliphatic carbocycles. The van der Waals surface area contributed by atoms with Crippen molar-refractivity contribution in [2.75, 3.05) is 18.6 Å². The molecule has 3 aromatic rings. The molecule has 0 spiro atoms. The van der Waals surface area contributed by atoms with Gasteiger partial charge in [0.25, 0.3) is 5.56 Å². The third-order valence-corrected chi connectivity index (χ3v) is 5.54. The van der Waals surface area contributed by atoms with E-state index in [0.29, 0.717) is 36.1 Å². The number of unbranched alkanes of at least 4 members (excludes halogenated alkanes) is 1. The standard InChI is InChI=1S/C21H27N5O3/c1-5-6-10-24-19(27)17-18(23(3)21(24)28)22-20-25(12-14(2)13-26(17)20)15-8-7-9-16(11-15)29-4/h7-9,11,14H,5-6,10,12-13H2,1-4H3/t14-/m0/s1. The van der Waals surface area contributed by atoms with Crippen molar-refractivity contribution in [2.24, 2.45) is 13.0 Å². The lowest BCUT2D eigenvalue weighted by Gasteiger charge is -2.33. The average molecular weight is 397 g/mol. The molecular weight excluding hydrogens is 370 g/mol. The van der Waals surface area contributed by atoms with E-state index >= 15 is 0 Å². The van der Waals surface area contributed by atoms with Crippen molar-refractivity contribution < 1.29 is 4.74 Å². The topological polar surface area (TPSA) is 74.3 Å². The van der Waals surface area contributed by atoms with Gasteiger partial charge in [0.05, 0.1) is 7.11 Å². The van der Waals surface area contributed by atoms with E-state index in [1.807, 2.05) is 35.8 Å². The van der Waals surface area contributed by atoms with Crippen LogP contribution in [-0.4, -0.2) is 32.3 Å². The summed E-state index contributed by atoms with van der Waals surface area (Å²) in [6, 6.07) is 7.80. The lowest BCUT2D eigenvalue weighted by Crippen LogP contribution is -2.40. The molecule has 0 saturated carbocycles. The largest absolute Gasteiger partial charge is 0.497 e. The fourth-order valence-corrected chi connectivity index (χ4v) is 4.01. The zero-order valence-corrected chi connectivity index (χ0v) is 17.4. The summed E-state index contributed by atoms with van der Waals surface area (Å²) in [6.45, 7) is 6.08. The smallest absolute Gasteiger partial charge is 0.332 e. The van der Waals surface area contributed by atoms with Crippen LogP contribution in [0.3, 0.4) is 0 Å². The van der Waals surface area contributed by atoms with Gasteiger partial charge in [-0.2, -0.15) is 4.98 Å². The minimum atomic E-state index is -0.313. The molecule has 0 amide bonds. The number of aromatic nitrogens is 4. The molecule has 1 atom stereocenters. The maximum Gasteiger partial charge on any atom is 0.332 e. The number of methoxy groups -OCH3 is 1. The molecule has 3 heterocycles. The molecule has 8 nitrogen and oxygen atoms in total. The van der Waals surface area contributed by atoms with Gasteiger partial charge in [-0.05, 0) is 24.5 Å². The molecule has 2 aromatic heterocycles. The van der Waals surface area contributed by atoms with Crippen LogP contribution in [0.15, 0.2) is 33.9 Å². The Labute approximate surface area is 169 Å². The van der Waals surface area contributed by atoms with Crippen LogP contribution >= 0.6 is 0 Å². The van der Waals surface area contributed by atoms with Crippen LogP contribution in [0.25, 0.3) is 11.2 Å². The number of benzene rings is 1. The van der Waals surface area contributed by atoms with Crippen molar-refractivity contribution in [3.8, 4) is 5.75 Å². The monoisotopic (exact) mass is 397 g/mol. The maximum absolute atomic E-state index is 13.2. The lowest BCUT2D eigenvalue weighted by molar-refractivity contribution is 0.414. The van der Waals surface area contributed by atoms with Gasteiger partial charge in [0.2, 0.25) is 5.95 Å². The minimum Gasteiger partial charge on any atom is -0.497 e. The third-order valence-electron chi connectivity index (χ3n) is 5.54. The van der Waals surface area contributed by atoms with E-state index in [0.717, 1.165) is 30.8 Å². The van der Waals surface area contributed by atoms with Crippen molar-refractivity contribution in [2.45, 2.75) is 39.8 Å². The summed E-state index contributed by atoms with van der Waals surface area (Å²) in [5.41, 5.74) is 1.31. The van der Waals surface area contributed by atoms with Gasteiger partial charge in [0.1, 0.15) is 5.75 Å². The quantitative estimate of drug-likeness (QED) is 0.661. The fraction of sp³-hybridized carbons (Fsp3) is 0.476. The van der Waals surface area contributed by atoms with Crippen LogP contribution in [0.5, 0.6) is 5.75 Å². The maximum atomic E-state index is 13.2. The minimum absolute atomic E-state index is 0.255. The number of rotatable bonds is 5. The summed E-state index contributed by atoms with van der Waals surface area (Å²) < 4.78 is 10.2. The van der Waals surface area contributed by atoms with Crippen molar-refractivity contribution in [3.63, 3.8) is 0 Å². The number of fused-ring (bicyclic) bond motifs is 3. The molecule has 154 valence electrons. The number of anilines is 2. The van der Waals surface area contributed by atoms with Gasteiger partial charge in [-0.25, -0.2) is 4.79 Å². The second kappa shape index (κ2) is 7.42. The number of hydrogen-bond acceptors (Lipinski definition) is 5. The van der Waals surface area contributed by atoms with E-state index in [4.69, 9.17) is 9.72 Å². The summed E-state index contributed by atoms with van der Waals surface area (Å²) in [5.74, 6) is 1.76. The van der Waals surface area contributed by atoms with Crippen molar-refractivity contribution in [1.82, 2.24) is 18.7 Å². The molecule has 0 radical (unpaired) electrons. The van der Waals surface area contributed by atoms with Gasteiger partial charge in [0, 0.05) is 38.4 Å². The highest BCUT2D eigenvalue weighted by Gasteiger charge is 2.29. The normalized spacial score (nSPS) is 16.3. The Morgan fingerprint density at radius 2 is 2.03 bits per heavy atom. The molecule has 0 unspecified atom stereocenters. The van der Waals surface area contributed by atoms with Crippen molar-refractivity contribution >= 4 is 22.8 Å². The lowest BCUT2D eigenvalue weighted by atomic mass is 10.1. The highest BCUT2D eigenvalue weighted by atomic mass is 16.5. The number of nitrogens with zero attached hydrogens (tertiary/aromatic N) is 5. The number of hydrogen-bond donors (Lipinski definition) is 0. The molecule has 1 aromatic carbocycles. The van der Waals surface area contributed by atoms with Crippen LogP contribution < -0.4 is 20.9 Å². The Hall–Kier alpha value is -3.03. The molecular formula is C21H27N5O3. The molecule has 4 rings (SSSR count). The molecule has 0 bridgehead atoms. The van der Waals surface area contributed by atoms with Crippen LogP contribution in [0.4, 0.5) is 11.6 Å². The molecule has 1 aliphatic rings. The first-order valence-electron chi connectivity index (χ1n) is 10.1. The van der Waals surface area contributed by atoms with E-state index in [2.05, 4.69) is 11.8 Å². The van der Waals surface area contributed by atoms with Gasteiger partial charge in [-0.1, -0.05) is 26.3 Å². The average Bonchev–Trinajstić information content (AvgIpc) is 3.11. The summed E-state index contributed by atoms with van der Waals surface area (Å²) >= 11 is 0. The number of aryl methyl sites for hydroxylation is 1. The van der Waals surface area contributed by atoms with Crippen LogP contribution in [-0.2, 0) is 20.1 Å². The predicted octanol–water partition coefficient (Wildman–Crippen LogP) is 2.49. The summed E-state index contributed by atoms with van der Waals surface area (Å²) in [6.07, 6.45) is 1.70. The second-order valence-electron chi connectivity index (χ2n) is 7.76. The fourth-order valence-electron chi connectivity index (χ4n) is 4.01. The predicted molar refractivity (Wildman–Crippen MR) is 113 cm³/mol. The molecule has 0 fully saturated rings. The molecule has 1 aliphatic heterocycles. The van der Waals surface area contributed by atoms with Crippen LogP contribution in [0, 0.1) is 5.92 Å². The Morgan fingerprint density at radius 3 is 2.76 bits per heavy atom. The summed E-state index contributed by atoms with van der Waals surface area (Å²) in [4.78, 5) is 32.8. The SMILES string of the molecule is CCCCn1c(=O)c2c(nc3n2C[C@@H](C)CN3c2cccc(OC)c2)n(C)c1=O. The van der Waals surface area contributed by atoms with Crippen LogP contribution in [0.2, 0.25) is 0 Å². The number of ether oxygens (including phenoxy) is 1. The first kappa shape index (κ1) is 19.3. The molecule has 0 saturated heterocycles. The Bertz CT molecular complexity index is 1170. The Morgan fingerprint density at radius 1 is 1.24 bits per heavy atom. The third kappa shape index (κ3) is 3.12. The van der Waals surface area contributed by atoms with E-state index in [1.165, 1.54) is 9.13 Å². The molecule has 29 heavy (non-hydrogen) atoms. The van der Waals surface area contributed by atoms with E-state index in [1.54, 1.807) is 14.2 Å².